The maximum Gasteiger partial charge on any atom is 0.226 e. The van der Waals surface area contributed by atoms with Crippen molar-refractivity contribution in [1.82, 2.24) is 14.7 Å². The van der Waals surface area contributed by atoms with Crippen LogP contribution in [0.1, 0.15) is 5.69 Å². The van der Waals surface area contributed by atoms with Crippen LogP contribution in [-0.2, 0) is 20.7 Å². The average Bonchev–Trinajstić information content (AvgIpc) is 2.81. The molecule has 0 aliphatic carbocycles. The number of imidazole rings is 1. The molecule has 1 N–H and O–H groups in total. The summed E-state index contributed by atoms with van der Waals surface area (Å²) in [5.74, 6) is -0.554. The number of methoxy groups -OCH3 is 2. The Morgan fingerprint density at radius 1 is 1.40 bits per heavy atom. The Labute approximate surface area is 115 Å². The highest BCUT2D eigenvalue weighted by Crippen LogP contribution is 2.07. The van der Waals surface area contributed by atoms with Crippen LogP contribution in [0.2, 0.25) is 0 Å². The number of amides is 1. The van der Waals surface area contributed by atoms with E-state index in [-0.39, 0.29) is 24.7 Å². The highest BCUT2D eigenvalue weighted by molar-refractivity contribution is 5.78. The number of ether oxygens (including phenoxy) is 2. The molecule has 0 aliphatic heterocycles. The Balaban J connectivity index is 1.95. The van der Waals surface area contributed by atoms with Crippen LogP contribution in [0.4, 0.5) is 4.39 Å². The fraction of sp³-hybridized carbons (Fsp3) is 0.385. The number of aromatic nitrogens is 2. The Morgan fingerprint density at radius 3 is 2.85 bits per heavy atom. The van der Waals surface area contributed by atoms with Gasteiger partial charge in [0.2, 0.25) is 5.91 Å². The van der Waals surface area contributed by atoms with E-state index in [1.165, 1.54) is 26.5 Å². The van der Waals surface area contributed by atoms with Crippen LogP contribution in [0.15, 0.2) is 24.5 Å². The fourth-order valence-electron chi connectivity index (χ4n) is 1.79. The molecule has 0 fully saturated rings. The molecular formula is C13H16FN3O3. The Morgan fingerprint density at radius 2 is 2.15 bits per heavy atom. The van der Waals surface area contributed by atoms with Crippen molar-refractivity contribution in [1.29, 1.82) is 0 Å². The second kappa shape index (κ2) is 6.44. The first-order valence-electron chi connectivity index (χ1n) is 6.08. The van der Waals surface area contributed by atoms with Crippen molar-refractivity contribution in [3.8, 4) is 0 Å². The lowest BCUT2D eigenvalue weighted by molar-refractivity contribution is -0.126. The number of halogens is 1. The zero-order valence-electron chi connectivity index (χ0n) is 11.3. The first kappa shape index (κ1) is 14.4. The van der Waals surface area contributed by atoms with Crippen molar-refractivity contribution >= 4 is 11.6 Å². The molecule has 7 heteroatoms. The predicted octanol–water partition coefficient (Wildman–Crippen LogP) is 0.751. The maximum atomic E-state index is 13.0. The predicted molar refractivity (Wildman–Crippen MR) is 69.7 cm³/mol. The summed E-state index contributed by atoms with van der Waals surface area (Å²) in [7, 11) is 2.99. The zero-order valence-corrected chi connectivity index (χ0v) is 11.3. The highest BCUT2D eigenvalue weighted by Gasteiger charge is 2.10. The van der Waals surface area contributed by atoms with Gasteiger partial charge in [0.15, 0.2) is 6.29 Å². The standard InChI is InChI=1S/C13H16FN3O3/c1-19-13(20-2)6-15-12(18)5-10-8-17-7-9(14)3-4-11(17)16-10/h3-4,7-8,13H,5-6H2,1-2H3,(H,15,18). The monoisotopic (exact) mass is 281 g/mol. The number of hydrogen-bond acceptors (Lipinski definition) is 4. The van der Waals surface area contributed by atoms with Crippen LogP contribution in [0.5, 0.6) is 0 Å². The third-order valence-corrected chi connectivity index (χ3v) is 2.80. The summed E-state index contributed by atoms with van der Waals surface area (Å²) >= 11 is 0. The Bertz CT molecular complexity index is 596. The van der Waals surface area contributed by atoms with E-state index >= 15 is 0 Å². The molecule has 2 aromatic rings. The van der Waals surface area contributed by atoms with E-state index in [0.29, 0.717) is 11.3 Å². The molecule has 0 atom stereocenters. The lowest BCUT2D eigenvalue weighted by Gasteiger charge is -2.13. The van der Waals surface area contributed by atoms with E-state index in [9.17, 15) is 9.18 Å². The molecule has 1 amide bonds. The van der Waals surface area contributed by atoms with E-state index in [2.05, 4.69) is 10.3 Å². The van der Waals surface area contributed by atoms with Crippen LogP contribution in [0.3, 0.4) is 0 Å². The number of hydrogen-bond donors (Lipinski definition) is 1. The Kier molecular flexibility index (Phi) is 4.65. The molecule has 108 valence electrons. The number of fused-ring (bicyclic) bond motifs is 1. The van der Waals surface area contributed by atoms with Crippen LogP contribution in [-0.4, -0.2) is 42.3 Å². The van der Waals surface area contributed by atoms with E-state index < -0.39 is 6.29 Å². The lowest BCUT2D eigenvalue weighted by atomic mass is 10.3. The lowest BCUT2D eigenvalue weighted by Crippen LogP contribution is -2.35. The number of nitrogens with one attached hydrogen (secondary N) is 1. The maximum absolute atomic E-state index is 13.0. The minimum atomic E-state index is -0.478. The van der Waals surface area contributed by atoms with Crippen molar-refractivity contribution < 1.29 is 18.7 Å². The van der Waals surface area contributed by atoms with Crippen molar-refractivity contribution in [2.24, 2.45) is 0 Å². The van der Waals surface area contributed by atoms with Gasteiger partial charge in [-0.05, 0) is 12.1 Å². The number of carbonyl (C=O) groups excluding carboxylic acids is 1. The van der Waals surface area contributed by atoms with Crippen molar-refractivity contribution in [3.05, 3.63) is 36.0 Å². The quantitative estimate of drug-likeness (QED) is 0.794. The van der Waals surface area contributed by atoms with E-state index in [1.807, 2.05) is 0 Å². The molecule has 0 bridgehead atoms. The molecule has 0 aromatic carbocycles. The molecule has 0 aliphatic rings. The minimum Gasteiger partial charge on any atom is -0.354 e. The number of pyridine rings is 1. The second-order valence-electron chi connectivity index (χ2n) is 4.23. The highest BCUT2D eigenvalue weighted by atomic mass is 19.1. The summed E-state index contributed by atoms with van der Waals surface area (Å²) in [5, 5.41) is 2.68. The first-order chi connectivity index (χ1) is 9.62. The molecule has 0 saturated heterocycles. The third-order valence-electron chi connectivity index (χ3n) is 2.80. The summed E-state index contributed by atoms with van der Waals surface area (Å²) in [5.41, 5.74) is 1.17. The van der Waals surface area contributed by atoms with Gasteiger partial charge < -0.3 is 19.2 Å². The topological polar surface area (TPSA) is 64.9 Å². The van der Waals surface area contributed by atoms with Crippen molar-refractivity contribution in [2.45, 2.75) is 12.7 Å². The van der Waals surface area contributed by atoms with Gasteiger partial charge in [-0.2, -0.15) is 0 Å². The van der Waals surface area contributed by atoms with E-state index in [0.717, 1.165) is 0 Å². The molecule has 2 heterocycles. The molecule has 0 spiro atoms. The number of nitrogens with zero attached hydrogens (tertiary/aromatic N) is 2. The smallest absolute Gasteiger partial charge is 0.226 e. The third kappa shape index (κ3) is 3.52. The molecule has 0 saturated carbocycles. The summed E-state index contributed by atoms with van der Waals surface area (Å²) in [6, 6.07) is 2.89. The van der Waals surface area contributed by atoms with Gasteiger partial charge in [-0.3, -0.25) is 4.79 Å². The van der Waals surface area contributed by atoms with Crippen LogP contribution < -0.4 is 5.32 Å². The van der Waals surface area contributed by atoms with Gasteiger partial charge in [0.1, 0.15) is 11.5 Å². The van der Waals surface area contributed by atoms with Crippen LogP contribution in [0, 0.1) is 5.82 Å². The number of rotatable bonds is 6. The average molecular weight is 281 g/mol. The van der Waals surface area contributed by atoms with Crippen molar-refractivity contribution in [2.75, 3.05) is 20.8 Å². The van der Waals surface area contributed by atoms with Crippen LogP contribution >= 0.6 is 0 Å². The molecule has 20 heavy (non-hydrogen) atoms. The molecular weight excluding hydrogens is 265 g/mol. The van der Waals surface area contributed by atoms with Gasteiger partial charge >= 0.3 is 0 Å². The molecule has 0 radical (unpaired) electrons. The van der Waals surface area contributed by atoms with E-state index in [1.54, 1.807) is 16.7 Å². The molecule has 2 aromatic heterocycles. The fourth-order valence-corrected chi connectivity index (χ4v) is 1.79. The van der Waals surface area contributed by atoms with Crippen LogP contribution in [0.25, 0.3) is 5.65 Å². The largest absolute Gasteiger partial charge is 0.354 e. The zero-order chi connectivity index (χ0) is 14.5. The molecule has 0 unspecified atom stereocenters. The SMILES string of the molecule is COC(CNC(=O)Cc1cn2cc(F)ccc2n1)OC. The van der Waals surface area contributed by atoms with E-state index in [4.69, 9.17) is 9.47 Å². The van der Waals surface area contributed by atoms with Gasteiger partial charge in [-0.1, -0.05) is 0 Å². The molecule has 6 nitrogen and oxygen atoms in total. The second-order valence-corrected chi connectivity index (χ2v) is 4.23. The summed E-state index contributed by atoms with van der Waals surface area (Å²) in [6.45, 7) is 0.258. The minimum absolute atomic E-state index is 0.115. The van der Waals surface area contributed by atoms with Crippen molar-refractivity contribution in [3.63, 3.8) is 0 Å². The summed E-state index contributed by atoms with van der Waals surface area (Å²) < 4.78 is 24.5. The Hall–Kier alpha value is -1.99. The van der Waals surface area contributed by atoms with Gasteiger partial charge in [0.05, 0.1) is 18.7 Å². The first-order valence-corrected chi connectivity index (χ1v) is 6.08. The normalized spacial score (nSPS) is 11.2. The molecule has 2 rings (SSSR count). The van der Waals surface area contributed by atoms with Gasteiger partial charge in [-0.15, -0.1) is 0 Å². The summed E-state index contributed by atoms with van der Waals surface area (Å²) in [6.07, 6.45) is 2.58. The van der Waals surface area contributed by atoms with Gasteiger partial charge in [0, 0.05) is 26.6 Å². The van der Waals surface area contributed by atoms with Gasteiger partial charge in [-0.25, -0.2) is 9.37 Å². The summed E-state index contributed by atoms with van der Waals surface area (Å²) in [4.78, 5) is 16.0. The number of carbonyl (C=O) groups is 1. The van der Waals surface area contributed by atoms with Gasteiger partial charge in [0.25, 0.3) is 0 Å².